The van der Waals surface area contributed by atoms with E-state index in [0.29, 0.717) is 12.1 Å². The number of carbonyl (C=O) groups is 2. The first kappa shape index (κ1) is 17.8. The van der Waals surface area contributed by atoms with E-state index >= 15 is 0 Å². The van der Waals surface area contributed by atoms with Crippen LogP contribution in [0.3, 0.4) is 0 Å². The van der Waals surface area contributed by atoms with Gasteiger partial charge >= 0.3 is 0 Å². The monoisotopic (exact) mass is 367 g/mol. The average Bonchev–Trinajstić information content (AvgIpc) is 3.15. The molecule has 2 heterocycles. The third-order valence-electron chi connectivity index (χ3n) is 5.27. The molecular weight excluding hydrogens is 342 g/mol. The Morgan fingerprint density at radius 1 is 1.11 bits per heavy atom. The van der Waals surface area contributed by atoms with Crippen LogP contribution in [-0.4, -0.2) is 36.3 Å². The van der Waals surface area contributed by atoms with Gasteiger partial charge in [-0.05, 0) is 75.2 Å². The SMILES string of the molecule is O=C(NCC(c1ccco1)N1CCCC1)c1ccc(NC(=O)C2CC2)cc1. The summed E-state index contributed by atoms with van der Waals surface area (Å²) in [5, 5.41) is 5.91. The minimum atomic E-state index is -0.120. The molecule has 0 spiro atoms. The molecular formula is C21H25N3O3. The molecule has 6 nitrogen and oxygen atoms in total. The van der Waals surface area contributed by atoms with Crippen LogP contribution >= 0.6 is 0 Å². The molecule has 1 saturated heterocycles. The first-order valence-corrected chi connectivity index (χ1v) is 9.67. The standard InChI is InChI=1S/C21H25N3O3/c25-20(15-7-9-17(10-8-15)23-21(26)16-5-6-16)22-14-18(19-4-3-13-27-19)24-11-1-2-12-24/h3-4,7-10,13,16,18H,1-2,5-6,11-12,14H2,(H,22,25)(H,23,26). The number of amides is 2. The van der Waals surface area contributed by atoms with Gasteiger partial charge in [0, 0.05) is 23.7 Å². The summed E-state index contributed by atoms with van der Waals surface area (Å²) in [4.78, 5) is 26.7. The molecule has 1 atom stereocenters. The van der Waals surface area contributed by atoms with E-state index in [1.807, 2.05) is 12.1 Å². The van der Waals surface area contributed by atoms with Crippen molar-refractivity contribution in [2.24, 2.45) is 5.92 Å². The van der Waals surface area contributed by atoms with Crippen LogP contribution in [0.4, 0.5) is 5.69 Å². The van der Waals surface area contributed by atoms with Crippen LogP contribution in [0.5, 0.6) is 0 Å². The van der Waals surface area contributed by atoms with Crippen LogP contribution < -0.4 is 10.6 Å². The third-order valence-corrected chi connectivity index (χ3v) is 5.27. The largest absolute Gasteiger partial charge is 0.468 e. The Hall–Kier alpha value is -2.60. The first-order chi connectivity index (χ1) is 13.2. The second-order valence-electron chi connectivity index (χ2n) is 7.33. The zero-order valence-corrected chi connectivity index (χ0v) is 15.3. The molecule has 1 unspecified atom stereocenters. The molecule has 1 aromatic carbocycles. The lowest BCUT2D eigenvalue weighted by atomic mass is 10.1. The second kappa shape index (κ2) is 7.96. The molecule has 2 aromatic rings. The smallest absolute Gasteiger partial charge is 0.251 e. The Labute approximate surface area is 158 Å². The highest BCUT2D eigenvalue weighted by molar-refractivity contribution is 5.96. The number of likely N-dealkylation sites (tertiary alicyclic amines) is 1. The number of hydrogen-bond donors (Lipinski definition) is 2. The fourth-order valence-corrected chi connectivity index (χ4v) is 3.53. The average molecular weight is 367 g/mol. The summed E-state index contributed by atoms with van der Waals surface area (Å²) >= 11 is 0. The number of rotatable bonds is 7. The van der Waals surface area contributed by atoms with Gasteiger partial charge in [-0.1, -0.05) is 0 Å². The van der Waals surface area contributed by atoms with E-state index in [1.54, 1.807) is 30.5 Å². The summed E-state index contributed by atoms with van der Waals surface area (Å²) in [5.41, 5.74) is 1.31. The topological polar surface area (TPSA) is 74.6 Å². The zero-order valence-electron chi connectivity index (χ0n) is 15.3. The highest BCUT2D eigenvalue weighted by Crippen LogP contribution is 2.30. The van der Waals surface area contributed by atoms with E-state index in [-0.39, 0.29) is 23.8 Å². The molecule has 4 rings (SSSR count). The molecule has 142 valence electrons. The Kier molecular flexibility index (Phi) is 5.25. The van der Waals surface area contributed by atoms with Crippen molar-refractivity contribution in [3.05, 3.63) is 54.0 Å². The lowest BCUT2D eigenvalue weighted by Gasteiger charge is -2.26. The van der Waals surface area contributed by atoms with E-state index in [0.717, 1.165) is 37.4 Å². The number of benzene rings is 1. The molecule has 0 radical (unpaired) electrons. The summed E-state index contributed by atoms with van der Waals surface area (Å²) in [6.07, 6.45) is 5.98. The maximum absolute atomic E-state index is 12.5. The highest BCUT2D eigenvalue weighted by Gasteiger charge is 2.29. The van der Waals surface area contributed by atoms with Crippen molar-refractivity contribution in [2.75, 3.05) is 25.0 Å². The summed E-state index contributed by atoms with van der Waals surface area (Å²) in [7, 11) is 0. The number of nitrogens with one attached hydrogen (secondary N) is 2. The molecule has 2 fully saturated rings. The van der Waals surface area contributed by atoms with Crippen molar-refractivity contribution in [1.82, 2.24) is 10.2 Å². The van der Waals surface area contributed by atoms with Crippen molar-refractivity contribution in [2.45, 2.75) is 31.7 Å². The molecule has 6 heteroatoms. The van der Waals surface area contributed by atoms with Gasteiger partial charge in [-0.15, -0.1) is 0 Å². The van der Waals surface area contributed by atoms with Crippen LogP contribution in [0.25, 0.3) is 0 Å². The van der Waals surface area contributed by atoms with E-state index in [1.165, 1.54) is 12.8 Å². The Morgan fingerprint density at radius 2 is 1.85 bits per heavy atom. The second-order valence-corrected chi connectivity index (χ2v) is 7.33. The molecule has 1 aliphatic heterocycles. The zero-order chi connectivity index (χ0) is 18.6. The van der Waals surface area contributed by atoms with Gasteiger partial charge in [0.05, 0.1) is 12.3 Å². The van der Waals surface area contributed by atoms with Gasteiger partial charge < -0.3 is 15.1 Å². The van der Waals surface area contributed by atoms with E-state index in [4.69, 9.17) is 4.42 Å². The van der Waals surface area contributed by atoms with Gasteiger partial charge in [-0.25, -0.2) is 0 Å². The minimum Gasteiger partial charge on any atom is -0.468 e. The van der Waals surface area contributed by atoms with Crippen LogP contribution in [-0.2, 0) is 4.79 Å². The molecule has 1 saturated carbocycles. The van der Waals surface area contributed by atoms with Crippen LogP contribution in [0.2, 0.25) is 0 Å². The molecule has 1 aromatic heterocycles. The molecule has 2 N–H and O–H groups in total. The predicted octanol–water partition coefficient (Wildman–Crippen LogP) is 3.20. The van der Waals surface area contributed by atoms with Crippen molar-refractivity contribution in [3.63, 3.8) is 0 Å². The Bertz CT molecular complexity index is 776. The lowest BCUT2D eigenvalue weighted by molar-refractivity contribution is -0.117. The molecule has 2 aliphatic rings. The van der Waals surface area contributed by atoms with Crippen LogP contribution in [0, 0.1) is 5.92 Å². The number of carbonyl (C=O) groups excluding carboxylic acids is 2. The number of hydrogen-bond acceptors (Lipinski definition) is 4. The van der Waals surface area contributed by atoms with Crippen molar-refractivity contribution >= 4 is 17.5 Å². The molecule has 27 heavy (non-hydrogen) atoms. The van der Waals surface area contributed by atoms with Crippen molar-refractivity contribution in [1.29, 1.82) is 0 Å². The molecule has 1 aliphatic carbocycles. The molecule has 2 amide bonds. The fourth-order valence-electron chi connectivity index (χ4n) is 3.53. The number of nitrogens with zero attached hydrogens (tertiary/aromatic N) is 1. The van der Waals surface area contributed by atoms with Gasteiger partial charge in [-0.3, -0.25) is 14.5 Å². The Morgan fingerprint density at radius 3 is 2.48 bits per heavy atom. The maximum Gasteiger partial charge on any atom is 0.251 e. The number of anilines is 1. The van der Waals surface area contributed by atoms with Gasteiger partial charge in [0.2, 0.25) is 5.91 Å². The van der Waals surface area contributed by atoms with E-state index in [2.05, 4.69) is 15.5 Å². The van der Waals surface area contributed by atoms with Gasteiger partial charge in [0.1, 0.15) is 5.76 Å². The maximum atomic E-state index is 12.5. The van der Waals surface area contributed by atoms with Crippen molar-refractivity contribution in [3.8, 4) is 0 Å². The molecule has 0 bridgehead atoms. The van der Waals surface area contributed by atoms with Crippen LogP contribution in [0.1, 0.15) is 47.8 Å². The van der Waals surface area contributed by atoms with Gasteiger partial charge in [0.15, 0.2) is 0 Å². The summed E-state index contributed by atoms with van der Waals surface area (Å²) in [5.74, 6) is 0.998. The predicted molar refractivity (Wildman–Crippen MR) is 102 cm³/mol. The van der Waals surface area contributed by atoms with Crippen molar-refractivity contribution < 1.29 is 14.0 Å². The summed E-state index contributed by atoms with van der Waals surface area (Å²) < 4.78 is 5.59. The normalized spacial score (nSPS) is 18.2. The van der Waals surface area contributed by atoms with Gasteiger partial charge in [-0.2, -0.15) is 0 Å². The summed E-state index contributed by atoms with van der Waals surface area (Å²) in [6, 6.07) is 11.0. The quantitative estimate of drug-likeness (QED) is 0.788. The fraction of sp³-hybridized carbons (Fsp3) is 0.429. The third kappa shape index (κ3) is 4.39. The summed E-state index contributed by atoms with van der Waals surface area (Å²) in [6.45, 7) is 2.56. The number of furan rings is 1. The van der Waals surface area contributed by atoms with E-state index in [9.17, 15) is 9.59 Å². The van der Waals surface area contributed by atoms with E-state index < -0.39 is 0 Å². The van der Waals surface area contributed by atoms with Gasteiger partial charge in [0.25, 0.3) is 5.91 Å². The minimum absolute atomic E-state index is 0.0588. The first-order valence-electron chi connectivity index (χ1n) is 9.67. The highest BCUT2D eigenvalue weighted by atomic mass is 16.3. The van der Waals surface area contributed by atoms with Crippen LogP contribution in [0.15, 0.2) is 47.1 Å². The Balaban J connectivity index is 1.35. The lowest BCUT2D eigenvalue weighted by Crippen LogP contribution is -2.36.